The maximum atomic E-state index is 12.7. The Morgan fingerprint density at radius 1 is 1.11 bits per heavy atom. The number of methoxy groups -OCH3 is 1. The van der Waals surface area contributed by atoms with Gasteiger partial charge in [-0.1, -0.05) is 53.2 Å². The van der Waals surface area contributed by atoms with E-state index in [9.17, 15) is 9.59 Å². The number of aliphatic imine (C=N–C) groups is 1. The average Bonchev–Trinajstić information content (AvgIpc) is 2.86. The lowest BCUT2D eigenvalue weighted by molar-refractivity contribution is -0.142. The normalized spacial score (nSPS) is 14.0. The summed E-state index contributed by atoms with van der Waals surface area (Å²) in [5, 5.41) is 7.50. The lowest BCUT2D eigenvalue weighted by Gasteiger charge is -2.18. The number of amides is 1. The van der Waals surface area contributed by atoms with Gasteiger partial charge < -0.3 is 20.1 Å². The SMILES string of the molecule is COC(=O)[C@H](Cc1ccc(OCCCCNC2=NCCCS2)cc1)NC(=O)c1c(Cl)cccc1Cl. The van der Waals surface area contributed by atoms with Crippen LogP contribution in [-0.4, -0.2) is 55.6 Å². The van der Waals surface area contributed by atoms with E-state index in [2.05, 4.69) is 15.6 Å². The molecule has 7 nitrogen and oxygen atoms in total. The maximum absolute atomic E-state index is 12.7. The second-order valence-corrected chi connectivity index (χ2v) is 9.76. The molecule has 1 aliphatic rings. The number of carbonyl (C=O) groups excluding carboxylic acids is 2. The highest BCUT2D eigenvalue weighted by Crippen LogP contribution is 2.24. The highest BCUT2D eigenvalue weighted by atomic mass is 35.5. The van der Waals surface area contributed by atoms with Crippen LogP contribution in [0.25, 0.3) is 0 Å². The van der Waals surface area contributed by atoms with E-state index in [4.69, 9.17) is 32.7 Å². The van der Waals surface area contributed by atoms with Gasteiger partial charge in [0.15, 0.2) is 5.17 Å². The highest BCUT2D eigenvalue weighted by Gasteiger charge is 2.25. The van der Waals surface area contributed by atoms with Crippen molar-refractivity contribution >= 4 is 52.0 Å². The molecule has 2 aromatic carbocycles. The number of thioether (sulfide) groups is 1. The zero-order valence-electron chi connectivity index (χ0n) is 19.5. The molecule has 0 saturated carbocycles. The minimum absolute atomic E-state index is 0.120. The number of unbranched alkanes of at least 4 members (excludes halogenated alkanes) is 1. The van der Waals surface area contributed by atoms with E-state index in [1.54, 1.807) is 30.0 Å². The molecule has 1 atom stereocenters. The van der Waals surface area contributed by atoms with Crippen LogP contribution in [0.2, 0.25) is 10.0 Å². The fraction of sp³-hybridized carbons (Fsp3) is 0.400. The van der Waals surface area contributed by atoms with Crippen molar-refractivity contribution in [2.24, 2.45) is 4.99 Å². The second kappa shape index (κ2) is 14.2. The smallest absolute Gasteiger partial charge is 0.328 e. The maximum Gasteiger partial charge on any atom is 0.328 e. The van der Waals surface area contributed by atoms with Crippen LogP contribution in [0.5, 0.6) is 5.75 Å². The lowest BCUT2D eigenvalue weighted by Crippen LogP contribution is -2.43. The van der Waals surface area contributed by atoms with Gasteiger partial charge in [-0.2, -0.15) is 0 Å². The van der Waals surface area contributed by atoms with Gasteiger partial charge >= 0.3 is 5.97 Å². The molecule has 0 fully saturated rings. The van der Waals surface area contributed by atoms with Crippen molar-refractivity contribution in [2.45, 2.75) is 31.7 Å². The van der Waals surface area contributed by atoms with E-state index in [0.717, 1.165) is 54.6 Å². The van der Waals surface area contributed by atoms with Gasteiger partial charge in [0.05, 0.1) is 29.3 Å². The Morgan fingerprint density at radius 3 is 2.51 bits per heavy atom. The molecule has 1 aliphatic heterocycles. The van der Waals surface area contributed by atoms with Crippen molar-refractivity contribution < 1.29 is 19.1 Å². The molecule has 35 heavy (non-hydrogen) atoms. The number of nitrogens with one attached hydrogen (secondary N) is 2. The number of halogens is 2. The standard InChI is InChI=1S/C25H29Cl2N3O4S/c1-33-24(32)21(30-23(31)22-19(26)6-4-7-20(22)27)16-17-8-10-18(11-9-17)34-14-3-2-12-28-25-29-13-5-15-35-25/h4,6-11,21H,2-3,5,12-16H2,1H3,(H,28,29)(H,30,31)/t21-/m0/s1. The van der Waals surface area contributed by atoms with Crippen molar-refractivity contribution in [1.82, 2.24) is 10.6 Å². The van der Waals surface area contributed by atoms with E-state index < -0.39 is 17.9 Å². The third-order valence-electron chi connectivity index (χ3n) is 5.26. The number of hydrogen-bond donors (Lipinski definition) is 2. The molecule has 10 heteroatoms. The molecule has 2 N–H and O–H groups in total. The molecular weight excluding hydrogens is 509 g/mol. The van der Waals surface area contributed by atoms with Gasteiger partial charge in [0, 0.05) is 25.3 Å². The molecule has 2 aromatic rings. The first kappa shape index (κ1) is 27.2. The molecule has 1 heterocycles. The van der Waals surface area contributed by atoms with Crippen LogP contribution in [0.1, 0.15) is 35.2 Å². The van der Waals surface area contributed by atoms with Crippen LogP contribution in [0.15, 0.2) is 47.5 Å². The van der Waals surface area contributed by atoms with Gasteiger partial charge in [0.2, 0.25) is 0 Å². The van der Waals surface area contributed by atoms with Crippen molar-refractivity contribution in [3.8, 4) is 5.75 Å². The highest BCUT2D eigenvalue weighted by molar-refractivity contribution is 8.13. The summed E-state index contributed by atoms with van der Waals surface area (Å²) in [6.45, 7) is 2.41. The number of ether oxygens (including phenoxy) is 2. The first-order valence-electron chi connectivity index (χ1n) is 11.4. The fourth-order valence-electron chi connectivity index (χ4n) is 3.42. The Bertz CT molecular complexity index is 1010. The number of carbonyl (C=O) groups is 2. The first-order chi connectivity index (χ1) is 17.0. The van der Waals surface area contributed by atoms with Crippen molar-refractivity contribution in [1.29, 1.82) is 0 Å². The third-order valence-corrected chi connectivity index (χ3v) is 6.93. The summed E-state index contributed by atoms with van der Waals surface area (Å²) >= 11 is 14.0. The van der Waals surface area contributed by atoms with Gasteiger partial charge in [-0.05, 0) is 49.1 Å². The molecular formula is C25H29Cl2N3O4S. The Hall–Kier alpha value is -2.42. The molecule has 0 bridgehead atoms. The molecule has 0 unspecified atom stereocenters. The van der Waals surface area contributed by atoms with Crippen LogP contribution >= 0.6 is 35.0 Å². The van der Waals surface area contributed by atoms with Crippen LogP contribution in [0.4, 0.5) is 0 Å². The number of rotatable bonds is 11. The molecule has 0 radical (unpaired) electrons. The molecule has 188 valence electrons. The van der Waals surface area contributed by atoms with Crippen LogP contribution in [0.3, 0.4) is 0 Å². The zero-order valence-corrected chi connectivity index (χ0v) is 21.8. The van der Waals surface area contributed by atoms with Gasteiger partial charge in [-0.15, -0.1) is 0 Å². The van der Waals surface area contributed by atoms with E-state index in [-0.39, 0.29) is 22.0 Å². The number of nitrogens with zero attached hydrogens (tertiary/aromatic N) is 1. The van der Waals surface area contributed by atoms with Gasteiger partial charge in [-0.25, -0.2) is 4.79 Å². The van der Waals surface area contributed by atoms with E-state index in [0.29, 0.717) is 6.61 Å². The molecule has 0 spiro atoms. The fourth-order valence-corrected chi connectivity index (χ4v) is 4.84. The molecule has 0 saturated heterocycles. The quantitative estimate of drug-likeness (QED) is 0.317. The number of benzene rings is 2. The molecule has 0 aliphatic carbocycles. The second-order valence-electron chi connectivity index (χ2n) is 7.87. The summed E-state index contributed by atoms with van der Waals surface area (Å²) < 4.78 is 10.7. The van der Waals surface area contributed by atoms with Gasteiger partial charge in [0.25, 0.3) is 5.91 Å². The van der Waals surface area contributed by atoms with Gasteiger partial charge in [-0.3, -0.25) is 9.79 Å². The Balaban J connectivity index is 1.47. The summed E-state index contributed by atoms with van der Waals surface area (Å²) in [6, 6.07) is 11.3. The monoisotopic (exact) mass is 537 g/mol. The predicted octanol–water partition coefficient (Wildman–Crippen LogP) is 4.75. The summed E-state index contributed by atoms with van der Waals surface area (Å²) in [4.78, 5) is 29.5. The van der Waals surface area contributed by atoms with Crippen LogP contribution in [0, 0.1) is 0 Å². The Kier molecular flexibility index (Phi) is 11.0. The van der Waals surface area contributed by atoms with Crippen LogP contribution < -0.4 is 15.4 Å². The molecule has 1 amide bonds. The third kappa shape index (κ3) is 8.63. The number of esters is 1. The molecule has 0 aromatic heterocycles. The topological polar surface area (TPSA) is 89.0 Å². The zero-order chi connectivity index (χ0) is 25.0. The van der Waals surface area contributed by atoms with E-state index >= 15 is 0 Å². The average molecular weight is 538 g/mol. The Morgan fingerprint density at radius 2 is 1.86 bits per heavy atom. The summed E-state index contributed by atoms with van der Waals surface area (Å²) in [5.41, 5.74) is 0.961. The van der Waals surface area contributed by atoms with Crippen molar-refractivity contribution in [2.75, 3.05) is 32.6 Å². The Labute approximate surface area is 220 Å². The minimum Gasteiger partial charge on any atom is -0.494 e. The summed E-state index contributed by atoms with van der Waals surface area (Å²) in [6.07, 6.45) is 3.31. The van der Waals surface area contributed by atoms with Crippen molar-refractivity contribution in [3.05, 3.63) is 63.6 Å². The summed E-state index contributed by atoms with van der Waals surface area (Å²) in [7, 11) is 1.28. The van der Waals surface area contributed by atoms with E-state index in [1.165, 1.54) is 7.11 Å². The minimum atomic E-state index is -0.897. The number of amidine groups is 1. The van der Waals surface area contributed by atoms with Crippen LogP contribution in [-0.2, 0) is 16.0 Å². The lowest BCUT2D eigenvalue weighted by atomic mass is 10.0. The van der Waals surface area contributed by atoms with Gasteiger partial charge in [0.1, 0.15) is 11.8 Å². The number of hydrogen-bond acceptors (Lipinski definition) is 7. The predicted molar refractivity (Wildman–Crippen MR) is 142 cm³/mol. The first-order valence-corrected chi connectivity index (χ1v) is 13.2. The largest absolute Gasteiger partial charge is 0.494 e. The van der Waals surface area contributed by atoms with Crippen molar-refractivity contribution in [3.63, 3.8) is 0 Å². The van der Waals surface area contributed by atoms with E-state index in [1.807, 2.05) is 24.3 Å². The summed E-state index contributed by atoms with van der Waals surface area (Å²) in [5.74, 6) is 0.774. The molecule has 3 rings (SSSR count).